The third kappa shape index (κ3) is 28.3. The molecule has 0 aliphatic carbocycles. The second kappa shape index (κ2) is 32.1. The van der Waals surface area contributed by atoms with Gasteiger partial charge in [0.05, 0.1) is 145 Å². The van der Waals surface area contributed by atoms with Crippen LogP contribution in [0.25, 0.3) is 0 Å². The van der Waals surface area contributed by atoms with Gasteiger partial charge in [0.25, 0.3) is 11.8 Å². The van der Waals surface area contributed by atoms with Crippen LogP contribution >= 0.6 is 0 Å². The smallest absolute Gasteiger partial charge is 0.305 e. The van der Waals surface area contributed by atoms with E-state index in [-0.39, 0.29) is 45.1 Å². The van der Waals surface area contributed by atoms with E-state index in [1.807, 2.05) is 0 Å². The standard InChI is InChI=1S/C30H52N2O15/c33-27(3-5-32-28(34)1-2-29(32)35)25-31-26-47-24-23-46-22-21-45-20-19-44-18-17-43-16-15-42-14-13-41-12-11-40-10-9-39-8-7-38-6-4-30(36)37/h1-2,31H,3-26H2,(H,36,37). The van der Waals surface area contributed by atoms with Crippen LogP contribution in [0.15, 0.2) is 12.2 Å². The summed E-state index contributed by atoms with van der Waals surface area (Å²) in [7, 11) is 0. The average Bonchev–Trinajstić information content (AvgIpc) is 3.38. The van der Waals surface area contributed by atoms with E-state index >= 15 is 0 Å². The Balaban J connectivity index is 1.65. The summed E-state index contributed by atoms with van der Waals surface area (Å²) in [6.07, 6.45) is 2.47. The fraction of sp³-hybridized carbons (Fsp3) is 0.800. The minimum atomic E-state index is -0.882. The highest BCUT2D eigenvalue weighted by atomic mass is 16.6. The summed E-state index contributed by atoms with van der Waals surface area (Å²) >= 11 is 0. The van der Waals surface area contributed by atoms with Gasteiger partial charge >= 0.3 is 5.97 Å². The molecule has 0 spiro atoms. The van der Waals surface area contributed by atoms with E-state index in [4.69, 9.17) is 52.5 Å². The number of imide groups is 1. The number of nitrogens with one attached hydrogen (secondary N) is 1. The van der Waals surface area contributed by atoms with Crippen molar-refractivity contribution in [2.45, 2.75) is 12.8 Å². The lowest BCUT2D eigenvalue weighted by Crippen LogP contribution is -2.34. The summed E-state index contributed by atoms with van der Waals surface area (Å²) in [4.78, 5) is 46.1. The molecule has 0 fully saturated rings. The van der Waals surface area contributed by atoms with E-state index in [2.05, 4.69) is 5.32 Å². The number of hydrogen-bond acceptors (Lipinski definition) is 15. The zero-order valence-electron chi connectivity index (χ0n) is 27.2. The summed E-state index contributed by atoms with van der Waals surface area (Å²) in [5.41, 5.74) is 0. The van der Waals surface area contributed by atoms with E-state index in [9.17, 15) is 19.2 Å². The number of amides is 2. The van der Waals surface area contributed by atoms with Gasteiger partial charge in [-0.05, 0) is 0 Å². The first-order chi connectivity index (χ1) is 23.0. The van der Waals surface area contributed by atoms with Crippen molar-refractivity contribution in [3.63, 3.8) is 0 Å². The van der Waals surface area contributed by atoms with Crippen LogP contribution in [-0.4, -0.2) is 179 Å². The summed E-state index contributed by atoms with van der Waals surface area (Å²) in [5.74, 6) is -1.79. The number of Topliss-reactive ketones (excluding diaryl/α,β-unsaturated/α-hetero) is 1. The first-order valence-electron chi connectivity index (χ1n) is 15.8. The Morgan fingerprint density at radius 3 is 1.17 bits per heavy atom. The molecular formula is C30H52N2O15. The van der Waals surface area contributed by atoms with Crippen molar-refractivity contribution in [1.29, 1.82) is 0 Å². The van der Waals surface area contributed by atoms with Crippen molar-refractivity contribution in [1.82, 2.24) is 10.2 Å². The zero-order chi connectivity index (χ0) is 34.0. The first-order valence-corrected chi connectivity index (χ1v) is 15.8. The van der Waals surface area contributed by atoms with Gasteiger partial charge in [-0.15, -0.1) is 0 Å². The molecule has 1 heterocycles. The Kier molecular flexibility index (Phi) is 29.1. The molecule has 1 aliphatic rings. The number of ketones is 1. The number of aliphatic carboxylic acids is 1. The predicted molar refractivity (Wildman–Crippen MR) is 164 cm³/mol. The van der Waals surface area contributed by atoms with Crippen LogP contribution in [0.3, 0.4) is 0 Å². The highest BCUT2D eigenvalue weighted by Gasteiger charge is 2.23. The quantitative estimate of drug-likeness (QED) is 0.0463. The maximum atomic E-state index is 11.8. The van der Waals surface area contributed by atoms with Crippen LogP contribution in [0.4, 0.5) is 0 Å². The third-order valence-corrected chi connectivity index (χ3v) is 5.85. The van der Waals surface area contributed by atoms with Gasteiger partial charge in [-0.1, -0.05) is 0 Å². The van der Waals surface area contributed by atoms with Crippen molar-refractivity contribution < 1.29 is 71.7 Å². The van der Waals surface area contributed by atoms with E-state index in [1.165, 1.54) is 12.2 Å². The van der Waals surface area contributed by atoms with Gasteiger partial charge in [-0.3, -0.25) is 29.4 Å². The second-order valence-corrected chi connectivity index (χ2v) is 9.58. The fourth-order valence-corrected chi connectivity index (χ4v) is 3.45. The van der Waals surface area contributed by atoms with E-state index in [0.29, 0.717) is 119 Å². The van der Waals surface area contributed by atoms with Crippen molar-refractivity contribution >= 4 is 23.6 Å². The van der Waals surface area contributed by atoms with Crippen LogP contribution in [-0.2, 0) is 66.5 Å². The lowest BCUT2D eigenvalue weighted by Gasteiger charge is -2.13. The molecule has 47 heavy (non-hydrogen) atoms. The van der Waals surface area contributed by atoms with Gasteiger partial charge in [0.2, 0.25) is 0 Å². The van der Waals surface area contributed by atoms with Gasteiger partial charge in [0, 0.05) is 25.1 Å². The van der Waals surface area contributed by atoms with Crippen LogP contribution in [0.2, 0.25) is 0 Å². The van der Waals surface area contributed by atoms with Crippen molar-refractivity contribution in [3.05, 3.63) is 12.2 Å². The lowest BCUT2D eigenvalue weighted by molar-refractivity contribution is -0.139. The third-order valence-electron chi connectivity index (χ3n) is 5.85. The molecular weight excluding hydrogens is 628 g/mol. The Morgan fingerprint density at radius 2 is 0.830 bits per heavy atom. The minimum absolute atomic E-state index is 0.0113. The number of ether oxygens (including phenoxy) is 10. The molecule has 0 bridgehead atoms. The van der Waals surface area contributed by atoms with Crippen LogP contribution in [0.5, 0.6) is 0 Å². The monoisotopic (exact) mass is 680 g/mol. The molecule has 0 aromatic heterocycles. The Morgan fingerprint density at radius 1 is 0.511 bits per heavy atom. The average molecular weight is 681 g/mol. The number of rotatable bonds is 37. The summed E-state index contributed by atoms with van der Waals surface area (Å²) in [5, 5.41) is 11.3. The molecule has 17 heteroatoms. The SMILES string of the molecule is O=C(O)CCOCCOCCOCCOCCOCCOCCOCCOCCOCCOCNCC(=O)CCN1C(=O)C=CC1=O. The molecule has 0 aromatic rings. The normalized spacial score (nSPS) is 12.9. The Bertz CT molecular complexity index is 828. The van der Waals surface area contributed by atoms with Gasteiger partial charge in [-0.25, -0.2) is 0 Å². The number of carboxylic acids is 1. The second-order valence-electron chi connectivity index (χ2n) is 9.58. The molecule has 2 amide bonds. The number of nitrogens with zero attached hydrogens (tertiary/aromatic N) is 1. The van der Waals surface area contributed by atoms with Gasteiger partial charge in [0.15, 0.2) is 0 Å². The van der Waals surface area contributed by atoms with Gasteiger partial charge < -0.3 is 52.5 Å². The van der Waals surface area contributed by atoms with Gasteiger partial charge in [-0.2, -0.15) is 0 Å². The van der Waals surface area contributed by atoms with Crippen molar-refractivity contribution in [2.75, 3.05) is 145 Å². The zero-order valence-corrected chi connectivity index (χ0v) is 27.2. The van der Waals surface area contributed by atoms with E-state index in [1.54, 1.807) is 0 Å². The van der Waals surface area contributed by atoms with Crippen molar-refractivity contribution in [3.8, 4) is 0 Å². The summed E-state index contributed by atoms with van der Waals surface area (Å²) in [6.45, 7) is 8.38. The fourth-order valence-electron chi connectivity index (χ4n) is 3.45. The number of carbonyl (C=O) groups is 4. The molecule has 0 saturated carbocycles. The molecule has 0 saturated heterocycles. The topological polar surface area (TPSA) is 196 Å². The molecule has 1 rings (SSSR count). The maximum absolute atomic E-state index is 11.8. The van der Waals surface area contributed by atoms with Crippen molar-refractivity contribution in [2.24, 2.45) is 0 Å². The maximum Gasteiger partial charge on any atom is 0.305 e. The largest absolute Gasteiger partial charge is 0.481 e. The highest BCUT2D eigenvalue weighted by molar-refractivity contribution is 6.13. The molecule has 272 valence electrons. The summed E-state index contributed by atoms with van der Waals surface area (Å²) in [6, 6.07) is 0. The molecule has 17 nitrogen and oxygen atoms in total. The van der Waals surface area contributed by atoms with E-state index in [0.717, 1.165) is 4.90 Å². The summed E-state index contributed by atoms with van der Waals surface area (Å²) < 4.78 is 53.7. The molecule has 0 unspecified atom stereocenters. The van der Waals surface area contributed by atoms with Crippen LogP contribution in [0.1, 0.15) is 12.8 Å². The molecule has 2 N–H and O–H groups in total. The first kappa shape index (κ1) is 42.6. The minimum Gasteiger partial charge on any atom is -0.481 e. The highest BCUT2D eigenvalue weighted by Crippen LogP contribution is 2.04. The molecule has 0 atom stereocenters. The number of hydrogen-bond donors (Lipinski definition) is 2. The Hall–Kier alpha value is -2.42. The lowest BCUT2D eigenvalue weighted by atomic mass is 10.2. The molecule has 0 radical (unpaired) electrons. The van der Waals surface area contributed by atoms with Gasteiger partial charge in [0.1, 0.15) is 5.78 Å². The van der Waals surface area contributed by atoms with E-state index < -0.39 is 17.8 Å². The van der Waals surface area contributed by atoms with Crippen LogP contribution < -0.4 is 5.32 Å². The number of carboxylic acid groups (broad SMARTS) is 1. The molecule has 1 aliphatic heterocycles. The number of carbonyl (C=O) groups excluding carboxylic acids is 3. The Labute approximate surface area is 276 Å². The predicted octanol–water partition coefficient (Wildman–Crippen LogP) is -0.942. The molecule has 0 aromatic carbocycles. The van der Waals surface area contributed by atoms with Crippen LogP contribution in [0, 0.1) is 0 Å².